The first kappa shape index (κ1) is 15.4. The van der Waals surface area contributed by atoms with Crippen LogP contribution in [0.1, 0.15) is 48.8 Å². The molecule has 0 atom stereocenters. The number of imidazole rings is 1. The van der Waals surface area contributed by atoms with Crippen molar-refractivity contribution in [1.82, 2.24) is 9.55 Å². The van der Waals surface area contributed by atoms with E-state index < -0.39 is 13.2 Å². The number of nitrogens with zero attached hydrogens (tertiary/aromatic N) is 3. The summed E-state index contributed by atoms with van der Waals surface area (Å²) in [6.45, 7) is 3.43. The van der Waals surface area contributed by atoms with Crippen molar-refractivity contribution in [2.75, 3.05) is 0 Å². The van der Waals surface area contributed by atoms with Gasteiger partial charge >= 0.3 is 0 Å². The van der Waals surface area contributed by atoms with Gasteiger partial charge in [0, 0.05) is 30.8 Å². The van der Waals surface area contributed by atoms with Crippen LogP contribution in [0.15, 0.2) is 60.7 Å². The molecule has 0 amide bonds. The lowest BCUT2D eigenvalue weighted by Crippen LogP contribution is -2.33. The molecule has 0 bridgehead atoms. The first-order valence-electron chi connectivity index (χ1n) is 14.0. The summed E-state index contributed by atoms with van der Waals surface area (Å²) in [6.07, 6.45) is -0.923. The Balaban J connectivity index is 1.70. The first-order chi connectivity index (χ1) is 17.9. The summed E-state index contributed by atoms with van der Waals surface area (Å²) >= 11 is 0. The lowest BCUT2D eigenvalue weighted by molar-refractivity contribution is -0.633. The van der Waals surface area contributed by atoms with Gasteiger partial charge in [-0.05, 0) is 66.5 Å². The predicted molar refractivity (Wildman–Crippen MR) is 136 cm³/mol. The third-order valence-corrected chi connectivity index (χ3v) is 6.75. The van der Waals surface area contributed by atoms with E-state index in [1.54, 1.807) is 0 Å². The minimum Gasteiger partial charge on any atom is -0.295 e. The summed E-state index contributed by atoms with van der Waals surface area (Å²) in [7, 11) is 1.97. The maximum atomic E-state index is 8.75. The molecule has 2 aromatic heterocycles. The summed E-state index contributed by atoms with van der Waals surface area (Å²) < 4.78 is 46.6. The maximum absolute atomic E-state index is 8.75. The van der Waals surface area contributed by atoms with E-state index in [0.29, 0.717) is 17.5 Å². The molecule has 3 nitrogen and oxygen atoms in total. The molecule has 5 aromatic rings. The summed E-state index contributed by atoms with van der Waals surface area (Å²) in [6, 6.07) is 19.6. The molecule has 33 heavy (non-hydrogen) atoms. The van der Waals surface area contributed by atoms with Crippen molar-refractivity contribution in [3.63, 3.8) is 0 Å². The Morgan fingerprint density at radius 2 is 1.97 bits per heavy atom. The zero-order valence-electron chi connectivity index (χ0n) is 24.4. The molecule has 0 fully saturated rings. The second kappa shape index (κ2) is 7.28. The standard InChI is InChI=1S/C30H30N3/c1-18(2)15-21-9-8-12-25-23(21)13-14-27(32(25)5)29-20(4)19(3)16-22-17-28-31-24-10-6-7-11-26(24)33(28)30(22)29/h6-14,16,18H,15,17H2,1-5H3/q+1/i3D3,15D2. The highest BCUT2D eigenvalue weighted by molar-refractivity contribution is 5.87. The van der Waals surface area contributed by atoms with Crippen LogP contribution in [0, 0.1) is 19.7 Å². The highest BCUT2D eigenvalue weighted by Gasteiger charge is 2.31. The van der Waals surface area contributed by atoms with Crippen molar-refractivity contribution in [3.8, 4) is 16.9 Å². The fourth-order valence-corrected chi connectivity index (χ4v) is 5.25. The molecule has 0 saturated heterocycles. The van der Waals surface area contributed by atoms with Crippen LogP contribution in [0.2, 0.25) is 0 Å². The molecule has 0 unspecified atom stereocenters. The first-order valence-corrected chi connectivity index (χ1v) is 11.5. The molecule has 0 radical (unpaired) electrons. The van der Waals surface area contributed by atoms with Gasteiger partial charge in [-0.1, -0.05) is 44.2 Å². The quantitative estimate of drug-likeness (QED) is 0.294. The molecule has 3 heterocycles. The van der Waals surface area contributed by atoms with E-state index in [9.17, 15) is 0 Å². The molecule has 0 N–H and O–H groups in total. The highest BCUT2D eigenvalue weighted by atomic mass is 15.1. The van der Waals surface area contributed by atoms with E-state index in [2.05, 4.69) is 15.2 Å². The summed E-state index contributed by atoms with van der Waals surface area (Å²) in [5.74, 6) is 0.716. The van der Waals surface area contributed by atoms with Crippen molar-refractivity contribution < 1.29 is 11.4 Å². The van der Waals surface area contributed by atoms with E-state index in [0.717, 1.165) is 55.8 Å². The fraction of sp³-hybridized carbons (Fsp3) is 0.267. The Bertz CT molecular complexity index is 1760. The van der Waals surface area contributed by atoms with E-state index in [1.807, 2.05) is 82.4 Å². The van der Waals surface area contributed by atoms with Crippen molar-refractivity contribution in [2.45, 2.75) is 40.4 Å². The molecule has 6 rings (SSSR count). The van der Waals surface area contributed by atoms with Crippen molar-refractivity contribution >= 4 is 21.9 Å². The van der Waals surface area contributed by atoms with E-state index in [4.69, 9.17) is 11.8 Å². The average Bonchev–Trinajstić information content (AvgIpc) is 3.39. The Morgan fingerprint density at radius 3 is 2.79 bits per heavy atom. The zero-order chi connectivity index (χ0) is 27.1. The second-order valence-electron chi connectivity index (χ2n) is 9.28. The van der Waals surface area contributed by atoms with Crippen LogP contribution in [0.3, 0.4) is 0 Å². The van der Waals surface area contributed by atoms with Gasteiger partial charge in [0.1, 0.15) is 12.9 Å². The van der Waals surface area contributed by atoms with E-state index in [1.165, 1.54) is 0 Å². The number of hydrogen-bond acceptors (Lipinski definition) is 1. The van der Waals surface area contributed by atoms with Crippen LogP contribution in [0.4, 0.5) is 0 Å². The lowest BCUT2D eigenvalue weighted by Gasteiger charge is -2.16. The molecule has 3 aromatic carbocycles. The largest absolute Gasteiger partial charge is 0.295 e. The van der Waals surface area contributed by atoms with Gasteiger partial charge in [0.25, 0.3) is 0 Å². The Hall–Kier alpha value is -3.46. The maximum Gasteiger partial charge on any atom is 0.215 e. The summed E-state index contributed by atoms with van der Waals surface area (Å²) in [5, 5.41) is 0.854. The van der Waals surface area contributed by atoms with Crippen LogP contribution in [0.5, 0.6) is 0 Å². The van der Waals surface area contributed by atoms with Crippen molar-refractivity contribution in [1.29, 1.82) is 0 Å². The van der Waals surface area contributed by atoms with Gasteiger partial charge in [0.15, 0.2) is 0 Å². The molecule has 0 aliphatic carbocycles. The van der Waals surface area contributed by atoms with Crippen LogP contribution < -0.4 is 4.57 Å². The van der Waals surface area contributed by atoms with Gasteiger partial charge in [0.2, 0.25) is 11.2 Å². The Morgan fingerprint density at radius 1 is 1.12 bits per heavy atom. The van der Waals surface area contributed by atoms with E-state index in [-0.39, 0.29) is 5.92 Å². The van der Waals surface area contributed by atoms with Gasteiger partial charge < -0.3 is 0 Å². The molecule has 0 saturated carbocycles. The molecule has 1 aliphatic heterocycles. The molecule has 3 heteroatoms. The van der Waals surface area contributed by atoms with Crippen LogP contribution in [0.25, 0.3) is 38.9 Å². The van der Waals surface area contributed by atoms with Gasteiger partial charge in [-0.3, -0.25) is 4.57 Å². The smallest absolute Gasteiger partial charge is 0.215 e. The number of para-hydroxylation sites is 2. The van der Waals surface area contributed by atoms with Crippen LogP contribution in [-0.4, -0.2) is 9.55 Å². The van der Waals surface area contributed by atoms with Crippen LogP contribution in [-0.2, 0) is 19.8 Å². The van der Waals surface area contributed by atoms with Crippen LogP contribution >= 0.6 is 0 Å². The number of hydrogen-bond donors (Lipinski definition) is 0. The molecular weight excluding hydrogens is 402 g/mol. The average molecular weight is 438 g/mol. The SMILES string of the molecule is [2H]C([2H])([2H])c1cc2c(c(-c3ccc4c(C([2H])([2H])C(C)C)cccc4[n+]3C)c1C)-n1c(nc3ccccc31)C2. The predicted octanol–water partition coefficient (Wildman–Crippen LogP) is 6.39. The lowest BCUT2D eigenvalue weighted by atomic mass is 9.93. The number of pyridine rings is 1. The molecule has 0 spiro atoms. The van der Waals surface area contributed by atoms with Gasteiger partial charge in [-0.15, -0.1) is 0 Å². The molecular formula is C30H30N3+. The zero-order valence-corrected chi connectivity index (χ0v) is 19.4. The Labute approximate surface area is 202 Å². The highest BCUT2D eigenvalue weighted by Crippen LogP contribution is 2.41. The number of rotatable bonds is 3. The summed E-state index contributed by atoms with van der Waals surface area (Å²) in [5.41, 5.74) is 8.22. The number of benzene rings is 3. The molecule has 164 valence electrons. The topological polar surface area (TPSA) is 21.7 Å². The second-order valence-corrected chi connectivity index (χ2v) is 9.28. The fourth-order valence-electron chi connectivity index (χ4n) is 5.25. The number of fused-ring (bicyclic) bond motifs is 6. The minimum atomic E-state index is -2.25. The number of aromatic nitrogens is 3. The summed E-state index contributed by atoms with van der Waals surface area (Å²) in [4.78, 5) is 4.87. The van der Waals surface area contributed by atoms with Crippen molar-refractivity contribution in [3.05, 3.63) is 88.7 Å². The van der Waals surface area contributed by atoms with E-state index >= 15 is 0 Å². The minimum absolute atomic E-state index is 0.187. The normalized spacial score (nSPS) is 15.7. The van der Waals surface area contributed by atoms with Crippen molar-refractivity contribution in [2.24, 2.45) is 13.0 Å². The molecule has 1 aliphatic rings. The van der Waals surface area contributed by atoms with Gasteiger partial charge in [0.05, 0.1) is 22.3 Å². The third-order valence-electron chi connectivity index (χ3n) is 6.75. The third kappa shape index (κ3) is 2.95. The van der Waals surface area contributed by atoms with Gasteiger partial charge in [-0.2, -0.15) is 4.57 Å². The Kier molecular flexibility index (Phi) is 3.39. The number of aryl methyl sites for hydroxylation is 2. The van der Waals surface area contributed by atoms with Gasteiger partial charge in [-0.25, -0.2) is 4.98 Å². The monoisotopic (exact) mass is 437 g/mol.